The van der Waals surface area contributed by atoms with Crippen LogP contribution in [0.25, 0.3) is 0 Å². The van der Waals surface area contributed by atoms with E-state index in [0.29, 0.717) is 5.82 Å². The van der Waals surface area contributed by atoms with E-state index in [4.69, 9.17) is 0 Å². The first-order chi connectivity index (χ1) is 12.4. The number of nitrogens with one attached hydrogen (secondary N) is 2. The number of anilines is 3. The predicted octanol–water partition coefficient (Wildman–Crippen LogP) is 4.80. The average Bonchev–Trinajstić information content (AvgIpc) is 2.63. The molecule has 26 heavy (non-hydrogen) atoms. The molecule has 4 nitrogen and oxygen atoms in total. The van der Waals surface area contributed by atoms with Gasteiger partial charge in [0.05, 0.1) is 11.3 Å². The number of hydrogen-bond donors (Lipinski definition) is 2. The highest BCUT2D eigenvalue weighted by atomic mass is 19.2. The SMILES string of the molecule is Cc1cccc(Nc2ccc(C(=O)Nc3ccc(F)c(F)c3F)cn2)c1. The first-order valence-corrected chi connectivity index (χ1v) is 7.68. The van der Waals surface area contributed by atoms with Crippen LogP contribution in [0.2, 0.25) is 0 Å². The van der Waals surface area contributed by atoms with Gasteiger partial charge in [0, 0.05) is 11.9 Å². The van der Waals surface area contributed by atoms with Gasteiger partial charge in [-0.05, 0) is 48.9 Å². The molecule has 3 aromatic rings. The lowest BCUT2D eigenvalue weighted by molar-refractivity contribution is 0.102. The largest absolute Gasteiger partial charge is 0.340 e. The van der Waals surface area contributed by atoms with Crippen LogP contribution in [0, 0.1) is 24.4 Å². The van der Waals surface area contributed by atoms with Crippen LogP contribution in [0.3, 0.4) is 0 Å². The molecule has 2 N–H and O–H groups in total. The number of rotatable bonds is 4. The second-order valence-corrected chi connectivity index (χ2v) is 5.60. The number of nitrogens with zero attached hydrogens (tertiary/aromatic N) is 1. The normalized spacial score (nSPS) is 10.5. The standard InChI is InChI=1S/C19H14F3N3O/c1-11-3-2-4-13(9-11)24-16-8-5-12(10-23-16)19(26)25-15-7-6-14(20)17(21)18(15)22/h2-10H,1H3,(H,23,24)(H,25,26). The third kappa shape index (κ3) is 3.83. The van der Waals surface area contributed by atoms with Crippen molar-refractivity contribution in [1.82, 2.24) is 4.98 Å². The van der Waals surface area contributed by atoms with Gasteiger partial charge in [0.2, 0.25) is 0 Å². The minimum Gasteiger partial charge on any atom is -0.340 e. The second kappa shape index (κ2) is 7.26. The molecular formula is C19H14F3N3O. The zero-order chi connectivity index (χ0) is 18.7. The van der Waals surface area contributed by atoms with Crippen molar-refractivity contribution in [1.29, 1.82) is 0 Å². The highest BCUT2D eigenvalue weighted by Gasteiger charge is 2.16. The summed E-state index contributed by atoms with van der Waals surface area (Å²) < 4.78 is 39.8. The Morgan fingerprint density at radius 2 is 1.81 bits per heavy atom. The van der Waals surface area contributed by atoms with Gasteiger partial charge in [0.15, 0.2) is 17.5 Å². The fourth-order valence-electron chi connectivity index (χ4n) is 2.29. The van der Waals surface area contributed by atoms with Crippen LogP contribution in [0.5, 0.6) is 0 Å². The van der Waals surface area contributed by atoms with Crippen molar-refractivity contribution in [2.24, 2.45) is 0 Å². The third-order valence-electron chi connectivity index (χ3n) is 3.60. The summed E-state index contributed by atoms with van der Waals surface area (Å²) in [6.45, 7) is 1.96. The van der Waals surface area contributed by atoms with Crippen LogP contribution in [-0.2, 0) is 0 Å². The van der Waals surface area contributed by atoms with Gasteiger partial charge < -0.3 is 10.6 Å². The lowest BCUT2D eigenvalue weighted by atomic mass is 10.2. The summed E-state index contributed by atoms with van der Waals surface area (Å²) >= 11 is 0. The maximum absolute atomic E-state index is 13.6. The number of pyridine rings is 1. The first kappa shape index (κ1) is 17.5. The summed E-state index contributed by atoms with van der Waals surface area (Å²) in [6, 6.07) is 12.4. The molecule has 0 aliphatic rings. The average molecular weight is 357 g/mol. The van der Waals surface area contributed by atoms with Crippen LogP contribution >= 0.6 is 0 Å². The Morgan fingerprint density at radius 3 is 2.50 bits per heavy atom. The molecule has 0 spiro atoms. The Kier molecular flexibility index (Phi) is 4.88. The van der Waals surface area contributed by atoms with Gasteiger partial charge in [-0.15, -0.1) is 0 Å². The maximum Gasteiger partial charge on any atom is 0.257 e. The van der Waals surface area contributed by atoms with E-state index in [2.05, 4.69) is 15.6 Å². The van der Waals surface area contributed by atoms with E-state index >= 15 is 0 Å². The topological polar surface area (TPSA) is 54.0 Å². The predicted molar refractivity (Wildman–Crippen MR) is 93.0 cm³/mol. The third-order valence-corrected chi connectivity index (χ3v) is 3.60. The minimum atomic E-state index is -1.64. The molecule has 0 saturated carbocycles. The van der Waals surface area contributed by atoms with Gasteiger partial charge in [-0.25, -0.2) is 18.2 Å². The fourth-order valence-corrected chi connectivity index (χ4v) is 2.29. The molecule has 1 aromatic heterocycles. The number of hydrogen-bond acceptors (Lipinski definition) is 3. The van der Waals surface area contributed by atoms with Gasteiger partial charge in [0.25, 0.3) is 5.91 Å². The summed E-state index contributed by atoms with van der Waals surface area (Å²) in [7, 11) is 0. The van der Waals surface area contributed by atoms with Crippen LogP contribution in [0.4, 0.5) is 30.4 Å². The van der Waals surface area contributed by atoms with Crippen molar-refractivity contribution >= 4 is 23.1 Å². The van der Waals surface area contributed by atoms with E-state index in [1.165, 1.54) is 12.3 Å². The van der Waals surface area contributed by atoms with Gasteiger partial charge in [-0.1, -0.05) is 12.1 Å². The van der Waals surface area contributed by atoms with Crippen molar-refractivity contribution in [3.8, 4) is 0 Å². The van der Waals surface area contributed by atoms with Gasteiger partial charge in [-0.2, -0.15) is 0 Å². The number of halogens is 3. The number of amides is 1. The Labute approximate surface area is 147 Å². The Morgan fingerprint density at radius 1 is 1.00 bits per heavy atom. The molecule has 2 aromatic carbocycles. The van der Waals surface area contributed by atoms with Gasteiger partial charge in [-0.3, -0.25) is 4.79 Å². The number of aromatic nitrogens is 1. The van der Waals surface area contributed by atoms with E-state index in [9.17, 15) is 18.0 Å². The molecule has 3 rings (SSSR count). The number of carbonyl (C=O) groups is 1. The van der Waals surface area contributed by atoms with Crippen LogP contribution in [0.15, 0.2) is 54.7 Å². The zero-order valence-corrected chi connectivity index (χ0v) is 13.7. The Bertz CT molecular complexity index is 959. The van der Waals surface area contributed by atoms with Crippen LogP contribution in [-0.4, -0.2) is 10.9 Å². The fraction of sp³-hybridized carbons (Fsp3) is 0.0526. The number of aryl methyl sites for hydroxylation is 1. The first-order valence-electron chi connectivity index (χ1n) is 7.68. The number of carbonyl (C=O) groups excluding carboxylic acids is 1. The van der Waals surface area contributed by atoms with Gasteiger partial charge in [0.1, 0.15) is 5.82 Å². The van der Waals surface area contributed by atoms with Crippen molar-refractivity contribution in [2.75, 3.05) is 10.6 Å². The van der Waals surface area contributed by atoms with E-state index in [-0.39, 0.29) is 5.56 Å². The Hall–Kier alpha value is -3.35. The molecule has 0 aliphatic heterocycles. The van der Waals surface area contributed by atoms with Crippen molar-refractivity contribution < 1.29 is 18.0 Å². The Balaban J connectivity index is 1.72. The molecule has 0 atom stereocenters. The molecule has 132 valence electrons. The minimum absolute atomic E-state index is 0.143. The van der Waals surface area contributed by atoms with E-state index in [0.717, 1.165) is 23.4 Å². The van der Waals surface area contributed by atoms with Crippen molar-refractivity contribution in [2.45, 2.75) is 6.92 Å². The van der Waals surface area contributed by atoms with E-state index in [1.807, 2.05) is 31.2 Å². The van der Waals surface area contributed by atoms with E-state index in [1.54, 1.807) is 6.07 Å². The summed E-state index contributed by atoms with van der Waals surface area (Å²) in [5.41, 5.74) is 1.62. The van der Waals surface area contributed by atoms with Crippen LogP contribution < -0.4 is 10.6 Å². The lowest BCUT2D eigenvalue weighted by Crippen LogP contribution is -2.14. The molecule has 0 fully saturated rings. The van der Waals surface area contributed by atoms with Crippen molar-refractivity contribution in [3.05, 3.63) is 83.3 Å². The molecule has 0 bridgehead atoms. The zero-order valence-electron chi connectivity index (χ0n) is 13.7. The molecule has 0 saturated heterocycles. The summed E-state index contributed by atoms with van der Waals surface area (Å²) in [5.74, 6) is -4.59. The summed E-state index contributed by atoms with van der Waals surface area (Å²) in [4.78, 5) is 16.2. The highest BCUT2D eigenvalue weighted by Crippen LogP contribution is 2.21. The second-order valence-electron chi connectivity index (χ2n) is 5.60. The summed E-state index contributed by atoms with van der Waals surface area (Å²) in [5, 5.41) is 5.28. The maximum atomic E-state index is 13.6. The molecule has 1 heterocycles. The number of benzene rings is 2. The van der Waals surface area contributed by atoms with Crippen molar-refractivity contribution in [3.63, 3.8) is 0 Å². The lowest BCUT2D eigenvalue weighted by Gasteiger charge is -2.09. The molecule has 1 amide bonds. The quantitative estimate of drug-likeness (QED) is 0.659. The molecular weight excluding hydrogens is 343 g/mol. The molecule has 0 radical (unpaired) electrons. The molecule has 7 heteroatoms. The molecule has 0 aliphatic carbocycles. The monoisotopic (exact) mass is 357 g/mol. The van der Waals surface area contributed by atoms with Crippen LogP contribution in [0.1, 0.15) is 15.9 Å². The van der Waals surface area contributed by atoms with Gasteiger partial charge >= 0.3 is 0 Å². The summed E-state index contributed by atoms with van der Waals surface area (Å²) in [6.07, 6.45) is 1.30. The highest BCUT2D eigenvalue weighted by molar-refractivity contribution is 6.04. The smallest absolute Gasteiger partial charge is 0.257 e. The molecule has 0 unspecified atom stereocenters. The van der Waals surface area contributed by atoms with E-state index < -0.39 is 29.0 Å².